The molecule has 3 heteroatoms. The fraction of sp³-hybridized carbons (Fsp3) is 1.00. The van der Waals surface area contributed by atoms with Gasteiger partial charge in [-0.3, -0.25) is 4.90 Å². The summed E-state index contributed by atoms with van der Waals surface area (Å²) in [7, 11) is 0. The van der Waals surface area contributed by atoms with Crippen molar-refractivity contribution in [2.24, 2.45) is 11.8 Å². The van der Waals surface area contributed by atoms with Crippen LogP contribution in [0.4, 0.5) is 0 Å². The average molecular weight is 238 g/mol. The second-order valence-electron chi connectivity index (χ2n) is 6.16. The molecule has 4 unspecified atom stereocenters. The van der Waals surface area contributed by atoms with Crippen LogP contribution in [0.15, 0.2) is 0 Å². The predicted octanol–water partition coefficient (Wildman–Crippen LogP) is 1.49. The van der Waals surface area contributed by atoms with Gasteiger partial charge in [0.15, 0.2) is 0 Å². The second kappa shape index (κ2) is 5.25. The molecule has 0 aromatic carbocycles. The van der Waals surface area contributed by atoms with Crippen LogP contribution < -0.4 is 5.32 Å². The summed E-state index contributed by atoms with van der Waals surface area (Å²) in [6.07, 6.45) is 6.01. The molecule has 3 aliphatic rings. The van der Waals surface area contributed by atoms with Gasteiger partial charge in [0.25, 0.3) is 0 Å². The molecule has 2 aliphatic heterocycles. The number of hydrogen-bond acceptors (Lipinski definition) is 3. The van der Waals surface area contributed by atoms with Crippen molar-refractivity contribution in [3.8, 4) is 0 Å². The van der Waals surface area contributed by atoms with Crippen LogP contribution in [0.1, 0.15) is 32.6 Å². The third-order valence-electron chi connectivity index (χ3n) is 4.87. The predicted molar refractivity (Wildman–Crippen MR) is 69.1 cm³/mol. The van der Waals surface area contributed by atoms with Crippen LogP contribution >= 0.6 is 0 Å². The summed E-state index contributed by atoms with van der Waals surface area (Å²) in [6, 6.07) is 0.757. The quantitative estimate of drug-likeness (QED) is 0.789. The Balaban J connectivity index is 1.55. The van der Waals surface area contributed by atoms with E-state index in [4.69, 9.17) is 4.74 Å². The molecule has 1 saturated carbocycles. The molecule has 0 spiro atoms. The van der Waals surface area contributed by atoms with E-state index in [1.165, 1.54) is 45.3 Å². The summed E-state index contributed by atoms with van der Waals surface area (Å²) in [5, 5.41) is 3.76. The van der Waals surface area contributed by atoms with Gasteiger partial charge >= 0.3 is 0 Å². The minimum atomic E-state index is 0.415. The fourth-order valence-electron chi connectivity index (χ4n) is 4.03. The minimum absolute atomic E-state index is 0.415. The zero-order chi connectivity index (χ0) is 11.7. The van der Waals surface area contributed by atoms with E-state index in [9.17, 15) is 0 Å². The van der Waals surface area contributed by atoms with E-state index in [2.05, 4.69) is 17.1 Å². The normalized spacial score (nSPS) is 43.6. The number of ether oxygens (including phenoxy) is 1. The van der Waals surface area contributed by atoms with Gasteiger partial charge in [-0.15, -0.1) is 0 Å². The first-order valence-corrected chi connectivity index (χ1v) is 7.40. The lowest BCUT2D eigenvalue weighted by Crippen LogP contribution is -2.42. The van der Waals surface area contributed by atoms with E-state index in [1.54, 1.807) is 0 Å². The molecule has 4 atom stereocenters. The van der Waals surface area contributed by atoms with Crippen molar-refractivity contribution in [1.82, 2.24) is 10.2 Å². The Morgan fingerprint density at radius 2 is 2.24 bits per heavy atom. The molecular weight excluding hydrogens is 212 g/mol. The lowest BCUT2D eigenvalue weighted by atomic mass is 9.94. The SMILES string of the molecule is CC1CN(CC2NCC3CCCC32)CCCO1. The van der Waals surface area contributed by atoms with E-state index in [-0.39, 0.29) is 0 Å². The van der Waals surface area contributed by atoms with Crippen molar-refractivity contribution in [1.29, 1.82) is 0 Å². The van der Waals surface area contributed by atoms with Crippen molar-refractivity contribution in [2.45, 2.75) is 44.8 Å². The van der Waals surface area contributed by atoms with E-state index >= 15 is 0 Å². The second-order valence-corrected chi connectivity index (χ2v) is 6.16. The Morgan fingerprint density at radius 1 is 1.29 bits per heavy atom. The maximum absolute atomic E-state index is 5.72. The van der Waals surface area contributed by atoms with Crippen molar-refractivity contribution >= 4 is 0 Å². The molecule has 2 heterocycles. The number of rotatable bonds is 2. The van der Waals surface area contributed by atoms with E-state index in [0.717, 1.165) is 31.0 Å². The highest BCUT2D eigenvalue weighted by Crippen LogP contribution is 2.37. The Hall–Kier alpha value is -0.120. The van der Waals surface area contributed by atoms with Crippen LogP contribution in [0.2, 0.25) is 0 Å². The lowest BCUT2D eigenvalue weighted by Gasteiger charge is -2.28. The van der Waals surface area contributed by atoms with Gasteiger partial charge in [0.1, 0.15) is 0 Å². The van der Waals surface area contributed by atoms with Gasteiger partial charge < -0.3 is 10.1 Å². The molecule has 0 radical (unpaired) electrons. The highest BCUT2D eigenvalue weighted by atomic mass is 16.5. The number of fused-ring (bicyclic) bond motifs is 1. The molecule has 98 valence electrons. The Morgan fingerprint density at radius 3 is 3.18 bits per heavy atom. The topological polar surface area (TPSA) is 24.5 Å². The van der Waals surface area contributed by atoms with Crippen molar-refractivity contribution < 1.29 is 4.74 Å². The Labute approximate surface area is 105 Å². The zero-order valence-corrected chi connectivity index (χ0v) is 11.0. The van der Waals surface area contributed by atoms with Crippen LogP contribution in [0.3, 0.4) is 0 Å². The van der Waals surface area contributed by atoms with Gasteiger partial charge in [-0.2, -0.15) is 0 Å². The highest BCUT2D eigenvalue weighted by molar-refractivity contribution is 4.95. The molecule has 3 rings (SSSR count). The third kappa shape index (κ3) is 2.67. The molecule has 0 amide bonds. The molecule has 17 heavy (non-hydrogen) atoms. The molecule has 1 N–H and O–H groups in total. The van der Waals surface area contributed by atoms with Crippen LogP contribution in [0.25, 0.3) is 0 Å². The number of hydrogen-bond donors (Lipinski definition) is 1. The van der Waals surface area contributed by atoms with Gasteiger partial charge in [-0.05, 0) is 44.6 Å². The summed E-state index contributed by atoms with van der Waals surface area (Å²) in [5.74, 6) is 1.95. The van der Waals surface area contributed by atoms with Gasteiger partial charge in [-0.1, -0.05) is 6.42 Å². The van der Waals surface area contributed by atoms with Crippen LogP contribution in [0.5, 0.6) is 0 Å². The van der Waals surface area contributed by atoms with E-state index in [1.807, 2.05) is 0 Å². The molecule has 0 aromatic rings. The summed E-state index contributed by atoms with van der Waals surface area (Å²) >= 11 is 0. The smallest absolute Gasteiger partial charge is 0.0673 e. The Kier molecular flexibility index (Phi) is 3.69. The molecule has 3 nitrogen and oxygen atoms in total. The van der Waals surface area contributed by atoms with Crippen molar-refractivity contribution in [3.05, 3.63) is 0 Å². The van der Waals surface area contributed by atoms with Crippen LogP contribution in [-0.4, -0.2) is 49.8 Å². The first-order chi connectivity index (χ1) is 8.33. The van der Waals surface area contributed by atoms with E-state index in [0.29, 0.717) is 6.10 Å². The third-order valence-corrected chi connectivity index (χ3v) is 4.87. The van der Waals surface area contributed by atoms with Crippen LogP contribution in [0, 0.1) is 11.8 Å². The zero-order valence-electron chi connectivity index (χ0n) is 11.0. The standard InChI is InChI=1S/C14H26N2O/c1-11-9-16(6-3-7-17-11)10-14-13-5-2-4-12(13)8-15-14/h11-15H,2-10H2,1H3. The van der Waals surface area contributed by atoms with Crippen molar-refractivity contribution in [3.63, 3.8) is 0 Å². The maximum Gasteiger partial charge on any atom is 0.0673 e. The maximum atomic E-state index is 5.72. The minimum Gasteiger partial charge on any atom is -0.377 e. The molecular formula is C14H26N2O. The molecule has 1 aliphatic carbocycles. The van der Waals surface area contributed by atoms with Gasteiger partial charge in [-0.25, -0.2) is 0 Å². The van der Waals surface area contributed by atoms with Gasteiger partial charge in [0, 0.05) is 32.3 Å². The van der Waals surface area contributed by atoms with Crippen molar-refractivity contribution in [2.75, 3.05) is 32.8 Å². The van der Waals surface area contributed by atoms with Gasteiger partial charge in [0.05, 0.1) is 6.10 Å². The average Bonchev–Trinajstić information content (AvgIpc) is 2.83. The molecule has 0 bridgehead atoms. The summed E-state index contributed by atoms with van der Waals surface area (Å²) in [6.45, 7) is 8.01. The highest BCUT2D eigenvalue weighted by Gasteiger charge is 2.39. The Bertz CT molecular complexity index is 259. The first kappa shape index (κ1) is 11.9. The molecule has 2 saturated heterocycles. The molecule has 3 fully saturated rings. The van der Waals surface area contributed by atoms with E-state index < -0.39 is 0 Å². The van der Waals surface area contributed by atoms with Crippen LogP contribution in [-0.2, 0) is 4.74 Å². The summed E-state index contributed by atoms with van der Waals surface area (Å²) in [4.78, 5) is 2.62. The fourth-order valence-corrected chi connectivity index (χ4v) is 4.03. The largest absolute Gasteiger partial charge is 0.377 e. The van der Waals surface area contributed by atoms with Gasteiger partial charge in [0.2, 0.25) is 0 Å². The monoisotopic (exact) mass is 238 g/mol. The number of nitrogens with zero attached hydrogens (tertiary/aromatic N) is 1. The molecule has 0 aromatic heterocycles. The lowest BCUT2D eigenvalue weighted by molar-refractivity contribution is 0.0659. The summed E-state index contributed by atoms with van der Waals surface area (Å²) < 4.78 is 5.72. The summed E-state index contributed by atoms with van der Waals surface area (Å²) in [5.41, 5.74) is 0. The number of nitrogens with one attached hydrogen (secondary N) is 1. The first-order valence-electron chi connectivity index (χ1n) is 7.40.